The molecule has 18 heavy (non-hydrogen) atoms. The maximum Gasteiger partial charge on any atom is 0.337 e. The maximum absolute atomic E-state index is 12.1. The van der Waals surface area contributed by atoms with Crippen molar-refractivity contribution < 1.29 is 18.4 Å². The van der Waals surface area contributed by atoms with Gasteiger partial charge in [0.2, 0.25) is 0 Å². The molecule has 1 fully saturated rings. The van der Waals surface area contributed by atoms with Crippen LogP contribution in [0.2, 0.25) is 0 Å². The maximum atomic E-state index is 12.1. The molecular formula is C13H25O4P. The number of hydrogen-bond acceptors (Lipinski definition) is 4. The van der Waals surface area contributed by atoms with Crippen molar-refractivity contribution in [1.82, 2.24) is 0 Å². The largest absolute Gasteiger partial charge is 0.337 e. The van der Waals surface area contributed by atoms with E-state index in [2.05, 4.69) is 6.92 Å². The highest BCUT2D eigenvalue weighted by Gasteiger charge is 2.32. The summed E-state index contributed by atoms with van der Waals surface area (Å²) in [7, 11) is -0.523. The van der Waals surface area contributed by atoms with Gasteiger partial charge in [0, 0.05) is 20.1 Å². The van der Waals surface area contributed by atoms with Crippen LogP contribution in [0, 0.1) is 11.8 Å². The summed E-state index contributed by atoms with van der Waals surface area (Å²) in [5.41, 5.74) is 0. The molecule has 1 saturated carbocycles. The summed E-state index contributed by atoms with van der Waals surface area (Å²) in [6.07, 6.45) is 6.49. The van der Waals surface area contributed by atoms with Crippen molar-refractivity contribution in [3.63, 3.8) is 0 Å². The summed E-state index contributed by atoms with van der Waals surface area (Å²) in [5, 5.41) is 0. The molecule has 5 heteroatoms. The molecule has 1 aliphatic rings. The third kappa shape index (κ3) is 4.49. The van der Waals surface area contributed by atoms with Crippen LogP contribution in [-0.4, -0.2) is 26.2 Å². The van der Waals surface area contributed by atoms with Gasteiger partial charge in [0.05, 0.1) is 0 Å². The van der Waals surface area contributed by atoms with E-state index in [-0.39, 0.29) is 17.9 Å². The molecule has 0 aliphatic heterocycles. The monoisotopic (exact) mass is 276 g/mol. The Kier molecular flexibility index (Phi) is 6.54. The second-order valence-corrected chi connectivity index (χ2v) is 7.38. The molecule has 0 N–H and O–H groups in total. The van der Waals surface area contributed by atoms with Gasteiger partial charge in [-0.25, -0.2) is 0 Å². The number of ketones is 1. The highest BCUT2D eigenvalue weighted by Crippen LogP contribution is 2.47. The van der Waals surface area contributed by atoms with Gasteiger partial charge in [-0.15, -0.1) is 0 Å². The van der Waals surface area contributed by atoms with Crippen LogP contribution < -0.4 is 0 Å². The minimum absolute atomic E-state index is 0.0389. The van der Waals surface area contributed by atoms with Gasteiger partial charge in [0.1, 0.15) is 11.9 Å². The zero-order valence-corrected chi connectivity index (χ0v) is 12.6. The highest BCUT2D eigenvalue weighted by atomic mass is 31.2. The third-order valence-electron chi connectivity index (χ3n) is 3.90. The summed E-state index contributed by atoms with van der Waals surface area (Å²) >= 11 is 0. The first kappa shape index (κ1) is 15.9. The van der Waals surface area contributed by atoms with Gasteiger partial charge in [-0.05, 0) is 31.6 Å². The molecule has 0 aromatic carbocycles. The smallest absolute Gasteiger partial charge is 0.312 e. The van der Waals surface area contributed by atoms with Crippen molar-refractivity contribution in [1.29, 1.82) is 0 Å². The molecule has 1 aliphatic carbocycles. The standard InChI is InChI=1S/C13H25O4P/c1-4-5-11-6-8-12(9-7-11)13(14)10-18(15,16-2)17-3/h11-12H,4-10H2,1-3H3. The quantitative estimate of drug-likeness (QED) is 0.666. The zero-order chi connectivity index (χ0) is 13.6. The second kappa shape index (κ2) is 7.42. The Bertz CT molecular complexity index is 300. The molecule has 0 saturated heterocycles. The van der Waals surface area contributed by atoms with Crippen LogP contribution in [0.5, 0.6) is 0 Å². The summed E-state index contributed by atoms with van der Waals surface area (Å²) in [6, 6.07) is 0. The number of Topliss-reactive ketones (excluding diaryl/α,β-unsaturated/α-hetero) is 1. The van der Waals surface area contributed by atoms with E-state index in [9.17, 15) is 9.36 Å². The highest BCUT2D eigenvalue weighted by molar-refractivity contribution is 7.54. The number of carbonyl (C=O) groups is 1. The second-order valence-electron chi connectivity index (χ2n) is 5.11. The summed E-state index contributed by atoms with van der Waals surface area (Å²) in [4.78, 5) is 12.1. The van der Waals surface area contributed by atoms with E-state index < -0.39 is 7.60 Å². The lowest BCUT2D eigenvalue weighted by atomic mass is 9.79. The Hall–Kier alpha value is -0.180. The average Bonchev–Trinajstić information content (AvgIpc) is 2.39. The molecule has 0 radical (unpaired) electrons. The van der Waals surface area contributed by atoms with Crippen molar-refractivity contribution in [2.75, 3.05) is 20.4 Å². The van der Waals surface area contributed by atoms with Crippen molar-refractivity contribution in [2.45, 2.75) is 45.4 Å². The predicted octanol–water partition coefficient (Wildman–Crippen LogP) is 3.65. The van der Waals surface area contributed by atoms with Gasteiger partial charge in [-0.3, -0.25) is 9.36 Å². The Morgan fingerprint density at radius 3 is 2.17 bits per heavy atom. The normalized spacial score (nSPS) is 25.1. The molecule has 0 unspecified atom stereocenters. The molecular weight excluding hydrogens is 251 g/mol. The number of hydrogen-bond donors (Lipinski definition) is 0. The van der Waals surface area contributed by atoms with Gasteiger partial charge in [-0.1, -0.05) is 19.8 Å². The van der Waals surface area contributed by atoms with Crippen LogP contribution in [0.25, 0.3) is 0 Å². The van der Waals surface area contributed by atoms with Crippen LogP contribution in [0.4, 0.5) is 0 Å². The van der Waals surface area contributed by atoms with Crippen LogP contribution in [0.15, 0.2) is 0 Å². The van der Waals surface area contributed by atoms with E-state index in [0.29, 0.717) is 0 Å². The molecule has 0 atom stereocenters. The topological polar surface area (TPSA) is 52.6 Å². The fourth-order valence-corrected chi connectivity index (χ4v) is 3.75. The van der Waals surface area contributed by atoms with Crippen molar-refractivity contribution in [3.8, 4) is 0 Å². The van der Waals surface area contributed by atoms with E-state index in [1.807, 2.05) is 0 Å². The average molecular weight is 276 g/mol. The zero-order valence-electron chi connectivity index (χ0n) is 11.7. The van der Waals surface area contributed by atoms with Gasteiger partial charge in [0.15, 0.2) is 0 Å². The molecule has 0 aromatic heterocycles. The van der Waals surface area contributed by atoms with Gasteiger partial charge >= 0.3 is 7.60 Å². The van der Waals surface area contributed by atoms with Crippen LogP contribution in [0.1, 0.15) is 45.4 Å². The fraction of sp³-hybridized carbons (Fsp3) is 0.923. The van der Waals surface area contributed by atoms with E-state index >= 15 is 0 Å². The predicted molar refractivity (Wildman–Crippen MR) is 71.9 cm³/mol. The summed E-state index contributed by atoms with van der Waals surface area (Å²) < 4.78 is 21.5. The SMILES string of the molecule is CCCC1CCC(C(=O)CP(=O)(OC)OC)CC1. The summed E-state index contributed by atoms with van der Waals surface area (Å²) in [5.74, 6) is 0.865. The van der Waals surface area contributed by atoms with E-state index in [0.717, 1.165) is 31.6 Å². The lowest BCUT2D eigenvalue weighted by molar-refractivity contribution is -0.121. The third-order valence-corrected chi connectivity index (χ3v) is 5.72. The molecule has 0 aromatic rings. The lowest BCUT2D eigenvalue weighted by Gasteiger charge is -2.28. The van der Waals surface area contributed by atoms with Gasteiger partial charge in [0.25, 0.3) is 0 Å². The summed E-state index contributed by atoms with van der Waals surface area (Å²) in [6.45, 7) is 2.20. The minimum atomic E-state index is -3.18. The first-order valence-electron chi connectivity index (χ1n) is 6.78. The van der Waals surface area contributed by atoms with Crippen LogP contribution in [0.3, 0.4) is 0 Å². The van der Waals surface area contributed by atoms with Crippen molar-refractivity contribution in [2.24, 2.45) is 11.8 Å². The molecule has 4 nitrogen and oxygen atoms in total. The van der Waals surface area contributed by atoms with Crippen LogP contribution >= 0.6 is 7.60 Å². The molecule has 0 heterocycles. The van der Waals surface area contributed by atoms with Gasteiger partial charge in [-0.2, -0.15) is 0 Å². The van der Waals surface area contributed by atoms with E-state index in [1.54, 1.807) is 0 Å². The Morgan fingerprint density at radius 1 is 1.17 bits per heavy atom. The number of carbonyl (C=O) groups excluding carboxylic acids is 1. The fourth-order valence-electron chi connectivity index (χ4n) is 2.70. The van der Waals surface area contributed by atoms with Crippen LogP contribution in [-0.2, 0) is 18.4 Å². The molecule has 1 rings (SSSR count). The van der Waals surface area contributed by atoms with Crippen molar-refractivity contribution >= 4 is 13.4 Å². The Balaban J connectivity index is 2.43. The van der Waals surface area contributed by atoms with Gasteiger partial charge < -0.3 is 9.05 Å². The van der Waals surface area contributed by atoms with E-state index in [1.165, 1.54) is 27.1 Å². The molecule has 106 valence electrons. The van der Waals surface area contributed by atoms with E-state index in [4.69, 9.17) is 9.05 Å². The molecule has 0 bridgehead atoms. The van der Waals surface area contributed by atoms with Crippen molar-refractivity contribution in [3.05, 3.63) is 0 Å². The first-order valence-corrected chi connectivity index (χ1v) is 8.50. The lowest BCUT2D eigenvalue weighted by Crippen LogP contribution is -2.24. The number of rotatable bonds is 7. The molecule has 0 spiro atoms. The Labute approximate surface area is 110 Å². The minimum Gasteiger partial charge on any atom is -0.312 e. The molecule has 0 amide bonds. The Morgan fingerprint density at radius 2 is 1.72 bits per heavy atom. The first-order chi connectivity index (χ1) is 8.54.